The number of rotatable bonds is 25. The van der Waals surface area contributed by atoms with Crippen LogP contribution in [0.25, 0.3) is 0 Å². The second-order valence-corrected chi connectivity index (χ2v) is 14.5. The highest BCUT2D eigenvalue weighted by Crippen LogP contribution is 2.10. The second-order valence-electron chi connectivity index (χ2n) is 14.5. The van der Waals surface area contributed by atoms with Crippen molar-refractivity contribution >= 4 is 53.2 Å². The lowest BCUT2D eigenvalue weighted by Gasteiger charge is -2.29. The van der Waals surface area contributed by atoms with Crippen molar-refractivity contribution in [3.05, 3.63) is 18.2 Å². The molecule has 1 heterocycles. The van der Waals surface area contributed by atoms with E-state index in [0.29, 0.717) is 5.69 Å². The number of amides is 8. The lowest BCUT2D eigenvalue weighted by atomic mass is 10.0. The highest BCUT2D eigenvalue weighted by atomic mass is 16.4. The fourth-order valence-corrected chi connectivity index (χ4v) is 5.33. The molecule has 0 radical (unpaired) electrons. The number of H-pyrrole nitrogens is 1. The molecule has 23 nitrogen and oxygen atoms in total. The molecule has 9 atom stereocenters. The number of carboxylic acid groups (broad SMARTS) is 1. The Bertz CT molecular complexity index is 1570. The zero-order chi connectivity index (χ0) is 43.7. The molecule has 0 aliphatic rings. The van der Waals surface area contributed by atoms with E-state index in [2.05, 4.69) is 41.9 Å². The van der Waals surface area contributed by atoms with E-state index >= 15 is 0 Å². The first-order valence-electron chi connectivity index (χ1n) is 18.1. The number of aromatic nitrogens is 2. The van der Waals surface area contributed by atoms with Crippen molar-refractivity contribution in [1.82, 2.24) is 41.9 Å². The number of hydrogen-bond acceptors (Lipinski definition) is 13. The van der Waals surface area contributed by atoms with Crippen molar-refractivity contribution in [2.45, 2.75) is 128 Å². The molecule has 0 spiro atoms. The first-order chi connectivity index (χ1) is 26.4. The summed E-state index contributed by atoms with van der Waals surface area (Å²) in [4.78, 5) is 121. The largest absolute Gasteiger partial charge is 0.480 e. The van der Waals surface area contributed by atoms with Gasteiger partial charge in [-0.15, -0.1) is 0 Å². The van der Waals surface area contributed by atoms with Crippen LogP contribution in [0.3, 0.4) is 0 Å². The summed E-state index contributed by atoms with van der Waals surface area (Å²) in [5.41, 5.74) is 16.3. The van der Waals surface area contributed by atoms with Gasteiger partial charge in [-0.2, -0.15) is 0 Å². The summed E-state index contributed by atoms with van der Waals surface area (Å²) in [6, 6.07) is -10.9. The smallest absolute Gasteiger partial charge is 0.326 e. The Labute approximate surface area is 328 Å². The van der Waals surface area contributed by atoms with E-state index in [0.717, 1.165) is 13.8 Å². The van der Waals surface area contributed by atoms with Crippen LogP contribution in [0.15, 0.2) is 12.5 Å². The number of nitrogens with zero attached hydrogens (tertiary/aromatic N) is 1. The van der Waals surface area contributed by atoms with Gasteiger partial charge >= 0.3 is 5.97 Å². The molecule has 0 aliphatic carbocycles. The van der Waals surface area contributed by atoms with E-state index in [1.54, 1.807) is 27.7 Å². The number of carboxylic acids is 1. The van der Waals surface area contributed by atoms with Gasteiger partial charge in [0.25, 0.3) is 0 Å². The second kappa shape index (κ2) is 23.4. The predicted molar refractivity (Wildman–Crippen MR) is 199 cm³/mol. The summed E-state index contributed by atoms with van der Waals surface area (Å²) in [6.45, 7) is 9.22. The molecule has 0 unspecified atom stereocenters. The number of nitrogens with two attached hydrogens (primary N) is 3. The summed E-state index contributed by atoms with van der Waals surface area (Å²) >= 11 is 0. The van der Waals surface area contributed by atoms with Crippen LogP contribution in [0, 0.1) is 11.8 Å². The molecule has 23 heteroatoms. The molecule has 1 aromatic heterocycles. The molecule has 0 bridgehead atoms. The molecular formula is C34H57N11O12. The average molecular weight is 812 g/mol. The van der Waals surface area contributed by atoms with Crippen LogP contribution in [0.1, 0.15) is 72.9 Å². The van der Waals surface area contributed by atoms with Gasteiger partial charge in [-0.25, -0.2) is 9.78 Å². The fourth-order valence-electron chi connectivity index (χ4n) is 5.33. The number of carbonyl (C=O) groups is 9. The third kappa shape index (κ3) is 17.8. The molecule has 0 saturated heterocycles. The van der Waals surface area contributed by atoms with Gasteiger partial charge in [0.1, 0.15) is 36.3 Å². The summed E-state index contributed by atoms with van der Waals surface area (Å²) in [5.74, 6) is -9.94. The molecule has 1 aromatic rings. The first kappa shape index (κ1) is 49.3. The van der Waals surface area contributed by atoms with Gasteiger partial charge in [-0.1, -0.05) is 27.7 Å². The molecule has 320 valence electrons. The van der Waals surface area contributed by atoms with Crippen LogP contribution in [0.2, 0.25) is 0 Å². The van der Waals surface area contributed by atoms with Gasteiger partial charge < -0.3 is 69.4 Å². The quantitative estimate of drug-likeness (QED) is 0.0440. The van der Waals surface area contributed by atoms with Crippen LogP contribution in [-0.4, -0.2) is 133 Å². The number of aliphatic carboxylic acids is 1. The van der Waals surface area contributed by atoms with E-state index < -0.39 is 121 Å². The minimum absolute atomic E-state index is 0.0164. The van der Waals surface area contributed by atoms with Crippen LogP contribution in [-0.2, 0) is 49.6 Å². The van der Waals surface area contributed by atoms with Crippen molar-refractivity contribution in [1.29, 1.82) is 0 Å². The maximum absolute atomic E-state index is 13.7. The Hall–Kier alpha value is -5.68. The zero-order valence-corrected chi connectivity index (χ0v) is 32.7. The number of aliphatic hydroxyl groups excluding tert-OH is 2. The van der Waals surface area contributed by atoms with E-state index in [1.165, 1.54) is 12.5 Å². The van der Waals surface area contributed by atoms with Gasteiger partial charge in [-0.3, -0.25) is 38.4 Å². The Morgan fingerprint density at radius 2 is 1.04 bits per heavy atom. The zero-order valence-electron chi connectivity index (χ0n) is 32.7. The third-order valence-electron chi connectivity index (χ3n) is 8.20. The van der Waals surface area contributed by atoms with Crippen molar-refractivity contribution in [3.8, 4) is 0 Å². The molecule has 0 aliphatic heterocycles. The third-order valence-corrected chi connectivity index (χ3v) is 8.20. The van der Waals surface area contributed by atoms with Crippen molar-refractivity contribution in [2.24, 2.45) is 29.0 Å². The molecule has 0 fully saturated rings. The first-order valence-corrected chi connectivity index (χ1v) is 18.1. The van der Waals surface area contributed by atoms with Gasteiger partial charge in [0.2, 0.25) is 47.3 Å². The van der Waals surface area contributed by atoms with Gasteiger partial charge in [0, 0.05) is 18.3 Å². The van der Waals surface area contributed by atoms with Crippen LogP contribution in [0.5, 0.6) is 0 Å². The summed E-state index contributed by atoms with van der Waals surface area (Å²) in [7, 11) is 0. The van der Waals surface area contributed by atoms with Crippen LogP contribution >= 0.6 is 0 Å². The number of carbonyl (C=O) groups excluding carboxylic acids is 8. The Morgan fingerprint density at radius 3 is 1.47 bits per heavy atom. The standard InChI is InChI=1S/C34H57N11O12/c1-14(2)7-20(29(51)40-21(9-18-12-38-13-39-18)30(52)43-23(34(56)57)8-15(3)4)41-33(55)27(17(6)47)45-31(53)22(11-25(37)49)42-32(54)26(16(5)46)44-28(50)19(35)10-24(36)48/h12-17,19-23,26-27,46-47H,7-11,35H2,1-6H3,(H2,36,48)(H2,37,49)(H,38,39)(H,40,51)(H,41,55)(H,42,54)(H,43,52)(H,44,50)(H,45,53)(H,56,57)/t16-,17-,19+,20+,21+,22+,23+,26+,27+/m1/s1. The van der Waals surface area contributed by atoms with Gasteiger partial charge in [-0.05, 0) is 38.5 Å². The number of nitrogens with one attached hydrogen (secondary N) is 7. The topological polar surface area (TPSA) is 393 Å². The molecule has 1 rings (SSSR count). The van der Waals surface area contributed by atoms with Crippen molar-refractivity contribution in [3.63, 3.8) is 0 Å². The molecule has 16 N–H and O–H groups in total. The lowest BCUT2D eigenvalue weighted by molar-refractivity contribution is -0.143. The Balaban J connectivity index is 3.31. The molecule has 8 amide bonds. The number of primary amides is 2. The maximum Gasteiger partial charge on any atom is 0.326 e. The van der Waals surface area contributed by atoms with Crippen molar-refractivity contribution < 1.29 is 58.5 Å². The van der Waals surface area contributed by atoms with E-state index in [9.17, 15) is 58.5 Å². The number of aliphatic hydroxyl groups is 2. The Morgan fingerprint density at radius 1 is 0.614 bits per heavy atom. The normalized spacial score (nSPS) is 16.0. The SMILES string of the molecule is CC(C)C[C@H](NC(=O)[C@H](Cc1cnc[nH]1)NC(=O)[C@H](CC(C)C)NC(=O)[C@@H](NC(=O)[C@H](CC(N)=O)NC(=O)[C@@H](NC(=O)[C@@H](N)CC(N)=O)[C@@H](C)O)[C@@H](C)O)C(=O)O. The molecule has 0 aromatic carbocycles. The molecule has 0 saturated carbocycles. The summed E-state index contributed by atoms with van der Waals surface area (Å²) in [6.07, 6.45) is -2.03. The van der Waals surface area contributed by atoms with Crippen LogP contribution < -0.4 is 49.1 Å². The van der Waals surface area contributed by atoms with Gasteiger partial charge in [0.05, 0.1) is 37.4 Å². The Kier molecular flexibility index (Phi) is 20.3. The fraction of sp³-hybridized carbons (Fsp3) is 0.647. The van der Waals surface area contributed by atoms with E-state index in [1.807, 2.05) is 0 Å². The number of imidazole rings is 1. The maximum atomic E-state index is 13.7. The van der Waals surface area contributed by atoms with Crippen LogP contribution in [0.4, 0.5) is 0 Å². The number of hydrogen-bond donors (Lipinski definition) is 13. The monoisotopic (exact) mass is 811 g/mol. The molecule has 57 heavy (non-hydrogen) atoms. The minimum atomic E-state index is -1.83. The highest BCUT2D eigenvalue weighted by molar-refractivity contribution is 5.98. The molecular weight excluding hydrogens is 754 g/mol. The minimum Gasteiger partial charge on any atom is -0.480 e. The summed E-state index contributed by atoms with van der Waals surface area (Å²) in [5, 5.41) is 44.3. The van der Waals surface area contributed by atoms with Gasteiger partial charge in [0.15, 0.2) is 0 Å². The van der Waals surface area contributed by atoms with E-state index in [4.69, 9.17) is 17.2 Å². The lowest BCUT2D eigenvalue weighted by Crippen LogP contribution is -2.63. The summed E-state index contributed by atoms with van der Waals surface area (Å²) < 4.78 is 0. The van der Waals surface area contributed by atoms with E-state index in [-0.39, 0.29) is 31.1 Å². The predicted octanol–water partition coefficient (Wildman–Crippen LogP) is -5.12. The number of aromatic amines is 1. The highest BCUT2D eigenvalue weighted by Gasteiger charge is 2.37. The van der Waals surface area contributed by atoms with Crippen molar-refractivity contribution in [2.75, 3.05) is 0 Å². The average Bonchev–Trinajstić information content (AvgIpc) is 3.59.